The van der Waals surface area contributed by atoms with Crippen molar-refractivity contribution in [1.29, 1.82) is 0 Å². The second-order valence-corrected chi connectivity index (χ2v) is 5.09. The van der Waals surface area contributed by atoms with Gasteiger partial charge < -0.3 is 9.94 Å². The first kappa shape index (κ1) is 15.0. The van der Waals surface area contributed by atoms with Crippen LogP contribution in [0, 0.1) is 6.92 Å². The highest BCUT2D eigenvalue weighted by Crippen LogP contribution is 2.25. The number of nitrogens with zero attached hydrogens (tertiary/aromatic N) is 2. The van der Waals surface area contributed by atoms with E-state index in [9.17, 15) is 10.0 Å². The van der Waals surface area contributed by atoms with Gasteiger partial charge in [0, 0.05) is 5.56 Å². The van der Waals surface area contributed by atoms with Crippen molar-refractivity contribution in [2.45, 2.75) is 13.8 Å². The van der Waals surface area contributed by atoms with Gasteiger partial charge in [-0.2, -0.15) is 0 Å². The normalized spacial score (nSPS) is 11.2. The second-order valence-electron chi connectivity index (χ2n) is 4.09. The van der Waals surface area contributed by atoms with Crippen molar-refractivity contribution in [3.63, 3.8) is 0 Å². The Kier molecular flexibility index (Phi) is 4.89. The minimum absolute atomic E-state index is 0.288. The van der Waals surface area contributed by atoms with E-state index >= 15 is 0 Å². The van der Waals surface area contributed by atoms with E-state index in [0.29, 0.717) is 21.4 Å². The average molecular weight is 305 g/mol. The van der Waals surface area contributed by atoms with Crippen molar-refractivity contribution < 1.29 is 14.7 Å². The van der Waals surface area contributed by atoms with E-state index in [2.05, 4.69) is 15.5 Å². The zero-order valence-corrected chi connectivity index (χ0v) is 12.5. The third-order valence-corrected chi connectivity index (χ3v) is 3.72. The molecule has 110 valence electrons. The maximum Gasteiger partial charge on any atom is 0.413 e. The van der Waals surface area contributed by atoms with Gasteiger partial charge in [-0.15, -0.1) is 0 Å². The van der Waals surface area contributed by atoms with E-state index in [1.165, 1.54) is 11.3 Å². The van der Waals surface area contributed by atoms with Crippen LogP contribution in [-0.4, -0.2) is 28.6 Å². The second kappa shape index (κ2) is 6.85. The zero-order valence-electron chi connectivity index (χ0n) is 11.7. The van der Waals surface area contributed by atoms with Crippen LogP contribution >= 0.6 is 11.3 Å². The van der Waals surface area contributed by atoms with Crippen molar-refractivity contribution in [2.24, 2.45) is 5.16 Å². The van der Waals surface area contributed by atoms with Crippen molar-refractivity contribution in [1.82, 2.24) is 4.98 Å². The third kappa shape index (κ3) is 3.57. The third-order valence-electron chi connectivity index (χ3n) is 2.64. The molecular formula is C14H15N3O3S. The lowest BCUT2D eigenvalue weighted by atomic mass is 10.1. The molecule has 0 atom stereocenters. The van der Waals surface area contributed by atoms with Gasteiger partial charge in [-0.25, -0.2) is 9.78 Å². The topological polar surface area (TPSA) is 83.8 Å². The lowest BCUT2D eigenvalue weighted by Gasteiger charge is -2.02. The monoisotopic (exact) mass is 305 g/mol. The summed E-state index contributed by atoms with van der Waals surface area (Å²) in [4.78, 5) is 16.3. The molecule has 1 heterocycles. The van der Waals surface area contributed by atoms with Crippen LogP contribution < -0.4 is 5.32 Å². The molecule has 6 nitrogen and oxygen atoms in total. The van der Waals surface area contributed by atoms with E-state index in [0.717, 1.165) is 5.56 Å². The molecule has 7 heteroatoms. The lowest BCUT2D eigenvalue weighted by Crippen LogP contribution is -2.12. The molecule has 1 amide bonds. The fourth-order valence-electron chi connectivity index (χ4n) is 1.75. The molecule has 0 unspecified atom stereocenters. The molecule has 0 aliphatic rings. The maximum atomic E-state index is 11.4. The van der Waals surface area contributed by atoms with Crippen LogP contribution in [0.25, 0.3) is 0 Å². The first-order valence-corrected chi connectivity index (χ1v) is 7.16. The summed E-state index contributed by atoms with van der Waals surface area (Å²) >= 11 is 1.23. The van der Waals surface area contributed by atoms with Gasteiger partial charge in [0.15, 0.2) is 5.13 Å². The van der Waals surface area contributed by atoms with Crippen molar-refractivity contribution in [2.75, 3.05) is 11.9 Å². The van der Waals surface area contributed by atoms with Gasteiger partial charge in [0.1, 0.15) is 5.71 Å². The van der Waals surface area contributed by atoms with Crippen molar-refractivity contribution in [3.05, 3.63) is 46.5 Å². The Bertz CT molecular complexity index is 653. The van der Waals surface area contributed by atoms with E-state index < -0.39 is 6.09 Å². The zero-order chi connectivity index (χ0) is 15.2. The van der Waals surface area contributed by atoms with Crippen LogP contribution in [0.4, 0.5) is 9.93 Å². The smallest absolute Gasteiger partial charge is 0.413 e. The van der Waals surface area contributed by atoms with E-state index in [1.807, 2.05) is 30.3 Å². The van der Waals surface area contributed by atoms with Crippen LogP contribution in [0.1, 0.15) is 23.1 Å². The maximum absolute atomic E-state index is 11.4. The number of amides is 1. The molecule has 0 saturated carbocycles. The number of hydrogen-bond acceptors (Lipinski definition) is 6. The summed E-state index contributed by atoms with van der Waals surface area (Å²) in [5.41, 5.74) is 1.86. The van der Waals surface area contributed by atoms with Crippen LogP contribution in [0.3, 0.4) is 0 Å². The van der Waals surface area contributed by atoms with Crippen LogP contribution in [-0.2, 0) is 4.74 Å². The number of ether oxygens (including phenoxy) is 1. The number of oxime groups is 1. The summed E-state index contributed by atoms with van der Waals surface area (Å²) < 4.78 is 4.80. The molecule has 2 rings (SSSR count). The Balaban J connectivity index is 2.28. The van der Waals surface area contributed by atoms with E-state index in [4.69, 9.17) is 4.74 Å². The number of anilines is 1. The molecule has 0 saturated heterocycles. The molecule has 0 aliphatic heterocycles. The molecule has 0 fully saturated rings. The van der Waals surface area contributed by atoms with Gasteiger partial charge in [0.25, 0.3) is 0 Å². The fraction of sp³-hybridized carbons (Fsp3) is 0.214. The van der Waals surface area contributed by atoms with Crippen molar-refractivity contribution >= 4 is 28.3 Å². The van der Waals surface area contributed by atoms with Gasteiger partial charge in [-0.3, -0.25) is 5.32 Å². The molecule has 1 aromatic carbocycles. The van der Waals surface area contributed by atoms with Crippen molar-refractivity contribution in [3.8, 4) is 0 Å². The minimum Gasteiger partial charge on any atom is -0.450 e. The predicted molar refractivity (Wildman–Crippen MR) is 81.4 cm³/mol. The lowest BCUT2D eigenvalue weighted by molar-refractivity contribution is 0.168. The van der Waals surface area contributed by atoms with E-state index in [-0.39, 0.29) is 6.61 Å². The Hall–Kier alpha value is -2.41. The van der Waals surface area contributed by atoms with Crippen LogP contribution in [0.2, 0.25) is 0 Å². The first-order chi connectivity index (χ1) is 10.2. The number of rotatable bonds is 4. The van der Waals surface area contributed by atoms with Crippen LogP contribution in [0.15, 0.2) is 35.5 Å². The molecule has 0 bridgehead atoms. The summed E-state index contributed by atoms with van der Waals surface area (Å²) in [6.07, 6.45) is -0.556. The molecule has 2 N–H and O–H groups in total. The Morgan fingerprint density at radius 3 is 2.76 bits per heavy atom. The number of aryl methyl sites for hydroxylation is 1. The molecule has 1 aromatic heterocycles. The summed E-state index contributed by atoms with van der Waals surface area (Å²) in [6, 6.07) is 9.27. The highest BCUT2D eigenvalue weighted by Gasteiger charge is 2.17. The fourth-order valence-corrected chi connectivity index (χ4v) is 2.71. The van der Waals surface area contributed by atoms with Crippen LogP contribution in [0.5, 0.6) is 0 Å². The quantitative estimate of drug-likeness (QED) is 0.516. The van der Waals surface area contributed by atoms with Gasteiger partial charge >= 0.3 is 6.09 Å². The molecular weight excluding hydrogens is 290 g/mol. The highest BCUT2D eigenvalue weighted by atomic mass is 32.1. The SMILES string of the molecule is CCOC(=O)Nc1nc(C)c(/C(=N/O)c2ccccc2)s1. The summed E-state index contributed by atoms with van der Waals surface area (Å²) in [7, 11) is 0. The first-order valence-electron chi connectivity index (χ1n) is 6.34. The number of aromatic nitrogens is 1. The predicted octanol–water partition coefficient (Wildman–Crippen LogP) is 3.25. The molecule has 0 aliphatic carbocycles. The molecule has 0 spiro atoms. The number of thiazole rings is 1. The van der Waals surface area contributed by atoms with Gasteiger partial charge in [-0.1, -0.05) is 46.8 Å². The summed E-state index contributed by atoms with van der Waals surface area (Å²) in [5, 5.41) is 15.6. The summed E-state index contributed by atoms with van der Waals surface area (Å²) in [6.45, 7) is 3.80. The van der Waals surface area contributed by atoms with E-state index in [1.54, 1.807) is 13.8 Å². The largest absolute Gasteiger partial charge is 0.450 e. The molecule has 0 radical (unpaired) electrons. The van der Waals surface area contributed by atoms with Gasteiger partial charge in [0.05, 0.1) is 17.2 Å². The van der Waals surface area contributed by atoms with Gasteiger partial charge in [0.2, 0.25) is 0 Å². The summed E-state index contributed by atoms with van der Waals surface area (Å²) in [5.74, 6) is 0. The average Bonchev–Trinajstić information content (AvgIpc) is 2.82. The number of carbonyl (C=O) groups is 1. The number of carbonyl (C=O) groups excluding carboxylic acids is 1. The number of hydrogen-bond donors (Lipinski definition) is 2. The Labute approximate surface area is 126 Å². The number of benzene rings is 1. The standard InChI is InChI=1S/C14H15N3O3S/c1-3-20-14(18)16-13-15-9(2)12(21-13)11(17-19)10-7-5-4-6-8-10/h4-8,19H,3H2,1-2H3,(H,15,16,18)/b17-11+. The minimum atomic E-state index is -0.556. The van der Waals surface area contributed by atoms with Gasteiger partial charge in [-0.05, 0) is 13.8 Å². The molecule has 2 aromatic rings. The number of nitrogens with one attached hydrogen (secondary N) is 1. The Morgan fingerprint density at radius 1 is 1.43 bits per heavy atom. The highest BCUT2D eigenvalue weighted by molar-refractivity contribution is 7.18. The Morgan fingerprint density at radius 2 is 2.14 bits per heavy atom. The molecule has 21 heavy (non-hydrogen) atoms.